The van der Waals surface area contributed by atoms with Crippen LogP contribution in [0.15, 0.2) is 42.7 Å². The lowest BCUT2D eigenvalue weighted by Crippen LogP contribution is -1.90. The Morgan fingerprint density at radius 3 is 2.65 bits per heavy atom. The number of nitrogens with one attached hydrogen (secondary N) is 1. The number of H-pyrrole nitrogens is 1. The van der Waals surface area contributed by atoms with Crippen LogP contribution in [0.1, 0.15) is 0 Å². The van der Waals surface area contributed by atoms with E-state index in [9.17, 15) is 4.39 Å². The lowest BCUT2D eigenvalue weighted by molar-refractivity contribution is 0.630. The molecule has 0 radical (unpaired) electrons. The highest BCUT2D eigenvalue weighted by atomic mass is 35.5. The Labute approximate surface area is 119 Å². The summed E-state index contributed by atoms with van der Waals surface area (Å²) in [6.45, 7) is 0. The van der Waals surface area contributed by atoms with E-state index in [1.54, 1.807) is 24.5 Å². The minimum Gasteiger partial charge on any atom is -0.382 e. The summed E-state index contributed by atoms with van der Waals surface area (Å²) in [5, 5.41) is 7.17. The minimum absolute atomic E-state index is 0.297. The fraction of sp³-hybridized carbons (Fsp3) is 0. The zero-order valence-corrected chi connectivity index (χ0v) is 11.0. The van der Waals surface area contributed by atoms with E-state index in [1.165, 1.54) is 18.2 Å². The Morgan fingerprint density at radius 2 is 1.90 bits per heavy atom. The van der Waals surface area contributed by atoms with Gasteiger partial charge in [-0.25, -0.2) is 4.39 Å². The number of nitrogen functional groups attached to an aromatic ring is 1. The molecule has 4 nitrogen and oxygen atoms in total. The molecule has 0 aliphatic rings. The Bertz CT molecular complexity index is 755. The standard InChI is InChI=1S/C14H10ClFN4/c15-9-1-2-11(16)10(7-9)13-12(14(17)20-19-13)8-3-5-18-6-4-8/h1-7H,(H3,17,19,20). The number of benzene rings is 1. The van der Waals surface area contributed by atoms with E-state index < -0.39 is 5.82 Å². The smallest absolute Gasteiger partial charge is 0.153 e. The van der Waals surface area contributed by atoms with Gasteiger partial charge in [-0.2, -0.15) is 5.10 Å². The predicted octanol–water partition coefficient (Wildman–Crippen LogP) is 3.51. The zero-order valence-electron chi connectivity index (χ0n) is 10.3. The fourth-order valence-corrected chi connectivity index (χ4v) is 2.22. The molecule has 0 fully saturated rings. The van der Waals surface area contributed by atoms with Crippen molar-refractivity contribution in [3.8, 4) is 22.4 Å². The SMILES string of the molecule is Nc1n[nH]c(-c2cc(Cl)ccc2F)c1-c1ccncc1. The van der Waals surface area contributed by atoms with Crippen LogP contribution in [0.25, 0.3) is 22.4 Å². The van der Waals surface area contributed by atoms with Crippen LogP contribution in [0.5, 0.6) is 0 Å². The van der Waals surface area contributed by atoms with Gasteiger partial charge in [-0.1, -0.05) is 11.6 Å². The highest BCUT2D eigenvalue weighted by Gasteiger charge is 2.17. The van der Waals surface area contributed by atoms with Gasteiger partial charge in [0, 0.05) is 23.0 Å². The van der Waals surface area contributed by atoms with Crippen molar-refractivity contribution in [2.75, 3.05) is 5.73 Å². The molecule has 0 aliphatic carbocycles. The third kappa shape index (κ3) is 2.12. The van der Waals surface area contributed by atoms with E-state index in [4.69, 9.17) is 17.3 Å². The molecule has 0 amide bonds. The quantitative estimate of drug-likeness (QED) is 0.758. The van der Waals surface area contributed by atoms with Crippen LogP contribution in [-0.4, -0.2) is 15.2 Å². The maximum atomic E-state index is 14.0. The number of nitrogens with zero attached hydrogens (tertiary/aromatic N) is 2. The van der Waals surface area contributed by atoms with Crippen LogP contribution >= 0.6 is 11.6 Å². The van der Waals surface area contributed by atoms with E-state index in [0.717, 1.165) is 5.56 Å². The Kier molecular flexibility index (Phi) is 3.12. The minimum atomic E-state index is -0.395. The zero-order chi connectivity index (χ0) is 14.1. The summed E-state index contributed by atoms with van der Waals surface area (Å²) < 4.78 is 14.0. The number of rotatable bonds is 2. The van der Waals surface area contributed by atoms with Gasteiger partial charge < -0.3 is 5.73 Å². The first kappa shape index (κ1) is 12.6. The van der Waals surface area contributed by atoms with Gasteiger partial charge in [0.1, 0.15) is 5.82 Å². The van der Waals surface area contributed by atoms with Crippen molar-refractivity contribution in [2.45, 2.75) is 0 Å². The fourth-order valence-electron chi connectivity index (χ4n) is 2.05. The van der Waals surface area contributed by atoms with Gasteiger partial charge in [-0.15, -0.1) is 0 Å². The van der Waals surface area contributed by atoms with Crippen molar-refractivity contribution in [1.29, 1.82) is 0 Å². The molecule has 0 spiro atoms. The number of hydrogen-bond donors (Lipinski definition) is 2. The van der Waals surface area contributed by atoms with Crippen LogP contribution in [-0.2, 0) is 0 Å². The first-order valence-electron chi connectivity index (χ1n) is 5.86. The van der Waals surface area contributed by atoms with Crippen LogP contribution < -0.4 is 5.73 Å². The van der Waals surface area contributed by atoms with E-state index >= 15 is 0 Å². The molecule has 100 valence electrons. The van der Waals surface area contributed by atoms with Crippen molar-refractivity contribution in [2.24, 2.45) is 0 Å². The van der Waals surface area contributed by atoms with Crippen molar-refractivity contribution in [3.05, 3.63) is 53.6 Å². The van der Waals surface area contributed by atoms with Gasteiger partial charge in [0.15, 0.2) is 5.82 Å². The Hall–Kier alpha value is -2.40. The van der Waals surface area contributed by atoms with Crippen LogP contribution in [0.3, 0.4) is 0 Å². The molecular formula is C14H10ClFN4. The molecule has 3 aromatic rings. The summed E-state index contributed by atoms with van der Waals surface area (Å²) in [6.07, 6.45) is 3.28. The summed E-state index contributed by atoms with van der Waals surface area (Å²) in [5.41, 5.74) is 8.14. The summed E-state index contributed by atoms with van der Waals surface area (Å²) in [7, 11) is 0. The molecule has 0 aliphatic heterocycles. The summed E-state index contributed by atoms with van der Waals surface area (Å²) in [4.78, 5) is 3.95. The maximum Gasteiger partial charge on any atom is 0.153 e. The van der Waals surface area contributed by atoms with E-state index in [-0.39, 0.29) is 0 Å². The largest absolute Gasteiger partial charge is 0.382 e. The van der Waals surface area contributed by atoms with E-state index in [1.807, 2.05) is 0 Å². The number of halogens is 2. The first-order chi connectivity index (χ1) is 9.66. The van der Waals surface area contributed by atoms with Crippen LogP contribution in [0, 0.1) is 5.82 Å². The molecule has 0 saturated carbocycles. The van der Waals surface area contributed by atoms with Gasteiger partial charge in [0.05, 0.1) is 11.3 Å². The van der Waals surface area contributed by atoms with Gasteiger partial charge in [-0.3, -0.25) is 10.1 Å². The summed E-state index contributed by atoms with van der Waals surface area (Å²) in [6, 6.07) is 7.91. The molecule has 1 aromatic carbocycles. The van der Waals surface area contributed by atoms with Crippen molar-refractivity contribution in [1.82, 2.24) is 15.2 Å². The molecule has 0 unspecified atom stereocenters. The van der Waals surface area contributed by atoms with Crippen LogP contribution in [0.2, 0.25) is 5.02 Å². The van der Waals surface area contributed by atoms with Gasteiger partial charge in [-0.05, 0) is 35.9 Å². The molecule has 0 bridgehead atoms. The molecule has 2 aromatic heterocycles. The van der Waals surface area contributed by atoms with Gasteiger partial charge in [0.25, 0.3) is 0 Å². The second-order valence-electron chi connectivity index (χ2n) is 4.22. The highest BCUT2D eigenvalue weighted by molar-refractivity contribution is 6.30. The molecule has 20 heavy (non-hydrogen) atoms. The van der Waals surface area contributed by atoms with Crippen molar-refractivity contribution in [3.63, 3.8) is 0 Å². The predicted molar refractivity (Wildman–Crippen MR) is 76.6 cm³/mol. The normalized spacial score (nSPS) is 10.7. The monoisotopic (exact) mass is 288 g/mol. The number of anilines is 1. The lowest BCUT2D eigenvalue weighted by atomic mass is 10.0. The molecule has 2 heterocycles. The second-order valence-corrected chi connectivity index (χ2v) is 4.66. The molecule has 3 N–H and O–H groups in total. The molecule has 3 rings (SSSR count). The van der Waals surface area contributed by atoms with Crippen molar-refractivity contribution < 1.29 is 4.39 Å². The number of aromatic nitrogens is 3. The topological polar surface area (TPSA) is 67.6 Å². The molecule has 6 heteroatoms. The van der Waals surface area contributed by atoms with Crippen molar-refractivity contribution >= 4 is 17.4 Å². The second kappa shape index (κ2) is 4.94. The third-order valence-electron chi connectivity index (χ3n) is 2.96. The number of hydrogen-bond acceptors (Lipinski definition) is 3. The Balaban J connectivity index is 2.24. The molecule has 0 atom stereocenters. The van der Waals surface area contributed by atoms with E-state index in [0.29, 0.717) is 27.7 Å². The lowest BCUT2D eigenvalue weighted by Gasteiger charge is -2.06. The van der Waals surface area contributed by atoms with Crippen LogP contribution in [0.4, 0.5) is 10.2 Å². The summed E-state index contributed by atoms with van der Waals surface area (Å²) in [5.74, 6) is -0.0982. The van der Waals surface area contributed by atoms with Gasteiger partial charge in [0.2, 0.25) is 0 Å². The molecule has 0 saturated heterocycles. The van der Waals surface area contributed by atoms with Gasteiger partial charge >= 0.3 is 0 Å². The average molecular weight is 289 g/mol. The molecular weight excluding hydrogens is 279 g/mol. The number of aromatic amines is 1. The number of pyridine rings is 1. The maximum absolute atomic E-state index is 14.0. The number of nitrogens with two attached hydrogens (primary N) is 1. The average Bonchev–Trinajstić information content (AvgIpc) is 2.84. The highest BCUT2D eigenvalue weighted by Crippen LogP contribution is 2.36. The first-order valence-corrected chi connectivity index (χ1v) is 6.24. The van der Waals surface area contributed by atoms with E-state index in [2.05, 4.69) is 15.2 Å². The summed E-state index contributed by atoms with van der Waals surface area (Å²) >= 11 is 5.93. The Morgan fingerprint density at radius 1 is 1.15 bits per heavy atom. The third-order valence-corrected chi connectivity index (χ3v) is 3.20.